The molecule has 1 aromatic rings. The van der Waals surface area contributed by atoms with E-state index in [-0.39, 0.29) is 22.7 Å². The van der Waals surface area contributed by atoms with Crippen LogP contribution < -0.4 is 4.74 Å². The number of hydrogen-bond donors (Lipinski definition) is 0. The summed E-state index contributed by atoms with van der Waals surface area (Å²) in [4.78, 5) is 11.8. The second kappa shape index (κ2) is 5.99. The van der Waals surface area contributed by atoms with E-state index in [1.807, 2.05) is 32.9 Å². The highest BCUT2D eigenvalue weighted by Crippen LogP contribution is 2.30. The Morgan fingerprint density at radius 2 is 1.55 bits per heavy atom. The molecule has 0 N–H and O–H groups in total. The van der Waals surface area contributed by atoms with Gasteiger partial charge in [0.15, 0.2) is 0 Å². The first kappa shape index (κ1) is 16.7. The van der Waals surface area contributed by atoms with Crippen molar-refractivity contribution in [3.05, 3.63) is 29.8 Å². The van der Waals surface area contributed by atoms with E-state index in [2.05, 4.69) is 32.9 Å². The van der Waals surface area contributed by atoms with E-state index in [0.29, 0.717) is 0 Å². The molecule has 0 fully saturated rings. The van der Waals surface area contributed by atoms with E-state index in [4.69, 9.17) is 4.74 Å². The quantitative estimate of drug-likeness (QED) is 0.799. The van der Waals surface area contributed by atoms with Crippen molar-refractivity contribution in [1.82, 2.24) is 0 Å². The molecule has 0 saturated carbocycles. The molecule has 1 atom stereocenters. The molecule has 0 heterocycles. The van der Waals surface area contributed by atoms with Gasteiger partial charge in [0.25, 0.3) is 0 Å². The number of ether oxygens (including phenoxy) is 1. The van der Waals surface area contributed by atoms with Crippen LogP contribution in [0.2, 0.25) is 0 Å². The van der Waals surface area contributed by atoms with Crippen molar-refractivity contribution >= 4 is 5.78 Å². The fourth-order valence-electron chi connectivity index (χ4n) is 2.34. The highest BCUT2D eigenvalue weighted by molar-refractivity contribution is 5.79. The molecule has 0 amide bonds. The number of carbonyl (C=O) groups excluding carboxylic acids is 1. The molecule has 0 aliphatic rings. The molecule has 2 nitrogen and oxygen atoms in total. The second-order valence-corrected chi connectivity index (χ2v) is 7.59. The molecule has 0 bridgehead atoms. The smallest absolute Gasteiger partial charge is 0.133 e. The highest BCUT2D eigenvalue weighted by Gasteiger charge is 2.28. The van der Waals surface area contributed by atoms with E-state index in [0.717, 1.165) is 12.2 Å². The van der Waals surface area contributed by atoms with Crippen molar-refractivity contribution in [3.8, 4) is 5.75 Å². The van der Waals surface area contributed by atoms with Crippen LogP contribution in [0.1, 0.15) is 54.0 Å². The molecule has 20 heavy (non-hydrogen) atoms. The Balaban J connectivity index is 2.81. The Bertz CT molecular complexity index is 444. The van der Waals surface area contributed by atoms with Gasteiger partial charge in [-0.05, 0) is 57.2 Å². The van der Waals surface area contributed by atoms with Crippen LogP contribution in [0, 0.1) is 11.3 Å². The topological polar surface area (TPSA) is 26.3 Å². The summed E-state index contributed by atoms with van der Waals surface area (Å²) >= 11 is 0. The minimum atomic E-state index is -0.186. The summed E-state index contributed by atoms with van der Waals surface area (Å²) in [5.41, 5.74) is 0.989. The summed E-state index contributed by atoms with van der Waals surface area (Å²) < 4.78 is 5.81. The summed E-state index contributed by atoms with van der Waals surface area (Å²) in [6.07, 6.45) is 0.786. The third-order valence-corrected chi connectivity index (χ3v) is 3.32. The summed E-state index contributed by atoms with van der Waals surface area (Å²) in [5.74, 6) is 1.18. The Hall–Kier alpha value is -1.31. The molecule has 1 rings (SSSR count). The first-order chi connectivity index (χ1) is 8.99. The average Bonchev–Trinajstić information content (AvgIpc) is 2.23. The van der Waals surface area contributed by atoms with Crippen LogP contribution >= 0.6 is 0 Å². The standard InChI is InChI=1S/C18H28O2/c1-13(19)16(17(2,3)4)12-14-8-10-15(11-9-14)20-18(5,6)7/h8-11,16H,12H2,1-7H3/t16-/m0/s1. The summed E-state index contributed by atoms with van der Waals surface area (Å²) in [5, 5.41) is 0. The van der Waals surface area contributed by atoms with Crippen LogP contribution in [0.4, 0.5) is 0 Å². The fourth-order valence-corrected chi connectivity index (χ4v) is 2.34. The molecule has 0 radical (unpaired) electrons. The summed E-state index contributed by atoms with van der Waals surface area (Å²) in [6.45, 7) is 14.2. The van der Waals surface area contributed by atoms with Crippen molar-refractivity contribution in [2.24, 2.45) is 11.3 Å². The van der Waals surface area contributed by atoms with E-state index < -0.39 is 0 Å². The third-order valence-electron chi connectivity index (χ3n) is 3.32. The maximum absolute atomic E-state index is 11.8. The lowest BCUT2D eigenvalue weighted by molar-refractivity contribution is -0.123. The lowest BCUT2D eigenvalue weighted by atomic mass is 9.75. The number of Topliss-reactive ketones (excluding diaryl/α,β-unsaturated/α-hetero) is 1. The molecule has 0 aliphatic carbocycles. The molecule has 0 unspecified atom stereocenters. The van der Waals surface area contributed by atoms with Gasteiger partial charge in [-0.15, -0.1) is 0 Å². The molecule has 0 saturated heterocycles. The zero-order valence-corrected chi connectivity index (χ0v) is 13.9. The Kier molecular flexibility index (Phi) is 5.01. The van der Waals surface area contributed by atoms with Crippen molar-refractivity contribution in [3.63, 3.8) is 0 Å². The van der Waals surface area contributed by atoms with Gasteiger partial charge in [-0.1, -0.05) is 32.9 Å². The number of benzene rings is 1. The largest absolute Gasteiger partial charge is 0.488 e. The van der Waals surface area contributed by atoms with Gasteiger partial charge in [-0.25, -0.2) is 0 Å². The first-order valence-corrected chi connectivity index (χ1v) is 7.27. The normalized spacial score (nSPS) is 13.9. The van der Waals surface area contributed by atoms with Crippen LogP contribution in [0.5, 0.6) is 5.75 Å². The maximum Gasteiger partial charge on any atom is 0.133 e. The molecule has 112 valence electrons. The Morgan fingerprint density at radius 1 is 1.05 bits per heavy atom. The lowest BCUT2D eigenvalue weighted by Crippen LogP contribution is -2.28. The number of ketones is 1. The lowest BCUT2D eigenvalue weighted by Gasteiger charge is -2.28. The molecular weight excluding hydrogens is 248 g/mol. The zero-order valence-electron chi connectivity index (χ0n) is 13.9. The van der Waals surface area contributed by atoms with Gasteiger partial charge < -0.3 is 4.74 Å². The van der Waals surface area contributed by atoms with Crippen molar-refractivity contribution in [1.29, 1.82) is 0 Å². The maximum atomic E-state index is 11.8. The van der Waals surface area contributed by atoms with Gasteiger partial charge in [0.1, 0.15) is 17.1 Å². The summed E-state index contributed by atoms with van der Waals surface area (Å²) in [6, 6.07) is 8.09. The monoisotopic (exact) mass is 276 g/mol. The number of carbonyl (C=O) groups is 1. The van der Waals surface area contributed by atoms with E-state index >= 15 is 0 Å². The van der Waals surface area contributed by atoms with Gasteiger partial charge in [0, 0.05) is 5.92 Å². The van der Waals surface area contributed by atoms with E-state index in [1.165, 1.54) is 5.56 Å². The SMILES string of the molecule is CC(=O)[C@H](Cc1ccc(OC(C)(C)C)cc1)C(C)(C)C. The first-order valence-electron chi connectivity index (χ1n) is 7.27. The third kappa shape index (κ3) is 5.36. The average molecular weight is 276 g/mol. The number of hydrogen-bond acceptors (Lipinski definition) is 2. The van der Waals surface area contributed by atoms with Crippen LogP contribution in [0.25, 0.3) is 0 Å². The predicted molar refractivity (Wildman–Crippen MR) is 84.2 cm³/mol. The summed E-state index contributed by atoms with van der Waals surface area (Å²) in [7, 11) is 0. The van der Waals surface area contributed by atoms with Gasteiger partial charge in [0.2, 0.25) is 0 Å². The van der Waals surface area contributed by atoms with Crippen LogP contribution in [0.3, 0.4) is 0 Å². The van der Waals surface area contributed by atoms with Gasteiger partial charge in [0.05, 0.1) is 0 Å². The second-order valence-electron chi connectivity index (χ2n) is 7.59. The van der Waals surface area contributed by atoms with Crippen molar-refractivity contribution < 1.29 is 9.53 Å². The molecular formula is C18H28O2. The van der Waals surface area contributed by atoms with Crippen LogP contribution in [-0.4, -0.2) is 11.4 Å². The van der Waals surface area contributed by atoms with Crippen molar-refractivity contribution in [2.45, 2.75) is 60.5 Å². The van der Waals surface area contributed by atoms with Gasteiger partial charge >= 0.3 is 0 Å². The Labute approximate surface area is 123 Å². The van der Waals surface area contributed by atoms with Crippen molar-refractivity contribution in [2.75, 3.05) is 0 Å². The van der Waals surface area contributed by atoms with Gasteiger partial charge in [-0.2, -0.15) is 0 Å². The van der Waals surface area contributed by atoms with Crippen LogP contribution in [0.15, 0.2) is 24.3 Å². The zero-order chi connectivity index (χ0) is 15.6. The number of rotatable bonds is 4. The Morgan fingerprint density at radius 3 is 1.90 bits per heavy atom. The fraction of sp³-hybridized carbons (Fsp3) is 0.611. The van der Waals surface area contributed by atoms with Crippen LogP contribution in [-0.2, 0) is 11.2 Å². The molecule has 0 spiro atoms. The highest BCUT2D eigenvalue weighted by atomic mass is 16.5. The molecule has 1 aromatic carbocycles. The minimum absolute atomic E-state index is 0.00753. The molecule has 0 aliphatic heterocycles. The van der Waals surface area contributed by atoms with E-state index in [9.17, 15) is 4.79 Å². The van der Waals surface area contributed by atoms with Gasteiger partial charge in [-0.3, -0.25) is 4.79 Å². The molecule has 2 heteroatoms. The molecule has 0 aromatic heterocycles. The predicted octanol–water partition coefficient (Wildman–Crippen LogP) is 4.66. The minimum Gasteiger partial charge on any atom is -0.488 e. The van der Waals surface area contributed by atoms with E-state index in [1.54, 1.807) is 6.92 Å².